The van der Waals surface area contributed by atoms with Gasteiger partial charge in [0.15, 0.2) is 0 Å². The van der Waals surface area contributed by atoms with E-state index in [1.807, 2.05) is 24.3 Å². The van der Waals surface area contributed by atoms with Crippen LogP contribution in [-0.2, 0) is 6.61 Å². The lowest BCUT2D eigenvalue weighted by Gasteiger charge is -2.17. The topological polar surface area (TPSA) is 49.7 Å². The molecule has 1 fully saturated rings. The maximum atomic E-state index is 9.59. The SMILES string of the molecule is OCc1ccc(O[C@@H]2CCC[C@H]2O)cc1. The van der Waals surface area contributed by atoms with Crippen molar-refractivity contribution in [2.75, 3.05) is 0 Å². The molecule has 0 heterocycles. The first-order chi connectivity index (χ1) is 7.29. The van der Waals surface area contributed by atoms with Crippen LogP contribution < -0.4 is 4.74 Å². The third kappa shape index (κ3) is 2.49. The van der Waals surface area contributed by atoms with Crippen molar-refractivity contribution >= 4 is 0 Å². The second-order valence-electron chi connectivity index (χ2n) is 3.96. The highest BCUT2D eigenvalue weighted by Crippen LogP contribution is 2.24. The molecule has 2 atom stereocenters. The van der Waals surface area contributed by atoms with Crippen LogP contribution in [0.2, 0.25) is 0 Å². The standard InChI is InChI=1S/C12H16O3/c13-8-9-4-6-10(7-5-9)15-12-3-1-2-11(12)14/h4-7,11-14H,1-3,8H2/t11-,12-/m1/s1. The van der Waals surface area contributed by atoms with Gasteiger partial charge in [0.05, 0.1) is 12.7 Å². The van der Waals surface area contributed by atoms with E-state index in [0.29, 0.717) is 0 Å². The molecular formula is C12H16O3. The van der Waals surface area contributed by atoms with E-state index >= 15 is 0 Å². The van der Waals surface area contributed by atoms with E-state index in [4.69, 9.17) is 9.84 Å². The lowest BCUT2D eigenvalue weighted by atomic mass is 10.2. The highest BCUT2D eigenvalue weighted by molar-refractivity contribution is 5.27. The van der Waals surface area contributed by atoms with Crippen molar-refractivity contribution in [3.8, 4) is 5.75 Å². The molecule has 0 unspecified atom stereocenters. The molecule has 3 heteroatoms. The van der Waals surface area contributed by atoms with Gasteiger partial charge in [0, 0.05) is 0 Å². The number of hydrogen-bond acceptors (Lipinski definition) is 3. The fraction of sp³-hybridized carbons (Fsp3) is 0.500. The highest BCUT2D eigenvalue weighted by atomic mass is 16.5. The van der Waals surface area contributed by atoms with Crippen LogP contribution in [0.4, 0.5) is 0 Å². The van der Waals surface area contributed by atoms with E-state index in [1.165, 1.54) is 0 Å². The Kier molecular flexibility index (Phi) is 3.23. The Bertz CT molecular complexity index is 307. The van der Waals surface area contributed by atoms with Crippen molar-refractivity contribution in [1.82, 2.24) is 0 Å². The van der Waals surface area contributed by atoms with E-state index in [0.717, 1.165) is 30.6 Å². The average Bonchev–Trinajstić information content (AvgIpc) is 2.66. The zero-order valence-corrected chi connectivity index (χ0v) is 8.60. The highest BCUT2D eigenvalue weighted by Gasteiger charge is 2.26. The monoisotopic (exact) mass is 208 g/mol. The van der Waals surface area contributed by atoms with Gasteiger partial charge >= 0.3 is 0 Å². The summed E-state index contributed by atoms with van der Waals surface area (Å²) >= 11 is 0. The number of hydrogen-bond donors (Lipinski definition) is 2. The van der Waals surface area contributed by atoms with Gasteiger partial charge in [-0.15, -0.1) is 0 Å². The number of aliphatic hydroxyl groups is 2. The van der Waals surface area contributed by atoms with Crippen LogP contribution in [0.25, 0.3) is 0 Å². The molecule has 0 amide bonds. The summed E-state index contributed by atoms with van der Waals surface area (Å²) in [7, 11) is 0. The molecule has 0 aromatic heterocycles. The van der Waals surface area contributed by atoms with Crippen molar-refractivity contribution in [2.24, 2.45) is 0 Å². The van der Waals surface area contributed by atoms with Crippen molar-refractivity contribution in [2.45, 2.75) is 38.1 Å². The molecule has 2 N–H and O–H groups in total. The first kappa shape index (κ1) is 10.5. The molecular weight excluding hydrogens is 192 g/mol. The number of rotatable bonds is 3. The van der Waals surface area contributed by atoms with Crippen LogP contribution in [0.15, 0.2) is 24.3 Å². The molecule has 1 aromatic rings. The third-order valence-electron chi connectivity index (χ3n) is 2.81. The number of aliphatic hydroxyl groups excluding tert-OH is 2. The zero-order chi connectivity index (χ0) is 10.7. The molecule has 82 valence electrons. The van der Waals surface area contributed by atoms with E-state index in [1.54, 1.807) is 0 Å². The first-order valence-corrected chi connectivity index (χ1v) is 5.34. The Hall–Kier alpha value is -1.06. The van der Waals surface area contributed by atoms with Crippen molar-refractivity contribution in [3.63, 3.8) is 0 Å². The quantitative estimate of drug-likeness (QED) is 0.790. The van der Waals surface area contributed by atoms with Gasteiger partial charge in [0.1, 0.15) is 11.9 Å². The predicted molar refractivity (Wildman–Crippen MR) is 56.6 cm³/mol. The number of ether oxygens (including phenoxy) is 1. The predicted octanol–water partition coefficient (Wildman–Crippen LogP) is 1.47. The van der Waals surface area contributed by atoms with Gasteiger partial charge in [-0.05, 0) is 37.0 Å². The molecule has 1 saturated carbocycles. The summed E-state index contributed by atoms with van der Waals surface area (Å²) in [5.74, 6) is 0.762. The maximum absolute atomic E-state index is 9.59. The molecule has 1 aliphatic rings. The third-order valence-corrected chi connectivity index (χ3v) is 2.81. The fourth-order valence-electron chi connectivity index (χ4n) is 1.89. The van der Waals surface area contributed by atoms with Crippen molar-refractivity contribution in [3.05, 3.63) is 29.8 Å². The number of benzene rings is 1. The molecule has 15 heavy (non-hydrogen) atoms. The minimum atomic E-state index is -0.331. The van der Waals surface area contributed by atoms with Gasteiger partial charge in [0.25, 0.3) is 0 Å². The smallest absolute Gasteiger partial charge is 0.124 e. The summed E-state index contributed by atoms with van der Waals surface area (Å²) in [4.78, 5) is 0. The minimum Gasteiger partial charge on any atom is -0.488 e. The summed E-state index contributed by atoms with van der Waals surface area (Å²) in [6.07, 6.45) is 2.38. The zero-order valence-electron chi connectivity index (χ0n) is 8.60. The van der Waals surface area contributed by atoms with Gasteiger partial charge in [-0.3, -0.25) is 0 Å². The molecule has 0 aliphatic heterocycles. The molecule has 1 aliphatic carbocycles. The van der Waals surface area contributed by atoms with Gasteiger partial charge in [-0.2, -0.15) is 0 Å². The van der Waals surface area contributed by atoms with Crippen LogP contribution in [-0.4, -0.2) is 22.4 Å². The van der Waals surface area contributed by atoms with Gasteiger partial charge < -0.3 is 14.9 Å². The fourth-order valence-corrected chi connectivity index (χ4v) is 1.89. The van der Waals surface area contributed by atoms with E-state index in [9.17, 15) is 5.11 Å². The molecule has 3 nitrogen and oxygen atoms in total. The summed E-state index contributed by atoms with van der Waals surface area (Å²) in [5.41, 5.74) is 0.870. The largest absolute Gasteiger partial charge is 0.488 e. The van der Waals surface area contributed by atoms with Crippen LogP contribution in [0.3, 0.4) is 0 Å². The van der Waals surface area contributed by atoms with Crippen LogP contribution in [0, 0.1) is 0 Å². The van der Waals surface area contributed by atoms with Crippen LogP contribution in [0.5, 0.6) is 5.75 Å². The van der Waals surface area contributed by atoms with E-state index in [-0.39, 0.29) is 18.8 Å². The molecule has 0 saturated heterocycles. The second-order valence-corrected chi connectivity index (χ2v) is 3.96. The average molecular weight is 208 g/mol. The van der Waals surface area contributed by atoms with Gasteiger partial charge in [-0.1, -0.05) is 12.1 Å². The summed E-state index contributed by atoms with van der Waals surface area (Å²) in [5, 5.41) is 18.5. The minimum absolute atomic E-state index is 0.0479. The summed E-state index contributed by atoms with van der Waals surface area (Å²) < 4.78 is 5.66. The Balaban J connectivity index is 1.98. The first-order valence-electron chi connectivity index (χ1n) is 5.34. The molecule has 2 rings (SSSR count). The van der Waals surface area contributed by atoms with E-state index in [2.05, 4.69) is 0 Å². The van der Waals surface area contributed by atoms with Gasteiger partial charge in [0.2, 0.25) is 0 Å². The Morgan fingerprint density at radius 3 is 2.47 bits per heavy atom. The lowest BCUT2D eigenvalue weighted by Crippen LogP contribution is -2.25. The van der Waals surface area contributed by atoms with Crippen LogP contribution >= 0.6 is 0 Å². The van der Waals surface area contributed by atoms with Crippen molar-refractivity contribution < 1.29 is 14.9 Å². The Morgan fingerprint density at radius 1 is 1.20 bits per heavy atom. The molecule has 0 spiro atoms. The Labute approximate surface area is 89.3 Å². The lowest BCUT2D eigenvalue weighted by molar-refractivity contribution is 0.0604. The molecule has 0 radical (unpaired) electrons. The summed E-state index contributed by atoms with van der Waals surface area (Å²) in [6, 6.07) is 7.32. The van der Waals surface area contributed by atoms with Crippen LogP contribution in [0.1, 0.15) is 24.8 Å². The van der Waals surface area contributed by atoms with E-state index < -0.39 is 0 Å². The Morgan fingerprint density at radius 2 is 1.93 bits per heavy atom. The molecule has 0 bridgehead atoms. The second kappa shape index (κ2) is 4.64. The molecule has 1 aromatic carbocycles. The van der Waals surface area contributed by atoms with Gasteiger partial charge in [-0.25, -0.2) is 0 Å². The summed E-state index contributed by atoms with van der Waals surface area (Å²) in [6.45, 7) is 0.0479. The normalized spacial score (nSPS) is 25.5. The maximum Gasteiger partial charge on any atom is 0.124 e. The van der Waals surface area contributed by atoms with Crippen molar-refractivity contribution in [1.29, 1.82) is 0 Å².